The molecule has 6 atom stereocenters. The van der Waals surface area contributed by atoms with Crippen LogP contribution in [0.15, 0.2) is 36.0 Å². The molecule has 1 aliphatic carbocycles. The molecule has 0 aromatic heterocycles. The number of allylic oxidation sites excluding steroid dienone is 1. The highest BCUT2D eigenvalue weighted by Crippen LogP contribution is 2.57. The van der Waals surface area contributed by atoms with Gasteiger partial charge in [-0.2, -0.15) is 0 Å². The lowest BCUT2D eigenvalue weighted by atomic mass is 9.58. The standard InChI is InChI=1S/C20H26O6/c1-6-11(4)18(22)25-13-7-20(8-14(21)24-9-20)16(10(2)3)17-15(13)12(5)19(23)26-17/h6,13-17,21H,2,5,7-9H2,1,3-4H3/b11-6+. The third-order valence-electron chi connectivity index (χ3n) is 5.95. The van der Waals surface area contributed by atoms with Crippen molar-refractivity contribution in [1.82, 2.24) is 0 Å². The molecule has 2 aliphatic heterocycles. The number of aliphatic hydroxyl groups excluding tert-OH is 1. The Morgan fingerprint density at radius 3 is 2.62 bits per heavy atom. The number of fused-ring (bicyclic) bond motifs is 1. The molecule has 142 valence electrons. The molecule has 3 fully saturated rings. The molecule has 0 aromatic rings. The Labute approximate surface area is 153 Å². The van der Waals surface area contributed by atoms with Gasteiger partial charge in [0.05, 0.1) is 12.5 Å². The van der Waals surface area contributed by atoms with Gasteiger partial charge in [-0.15, -0.1) is 0 Å². The first kappa shape index (κ1) is 18.9. The fraction of sp³-hybridized carbons (Fsp3) is 0.600. The highest BCUT2D eigenvalue weighted by molar-refractivity contribution is 5.92. The summed E-state index contributed by atoms with van der Waals surface area (Å²) in [5.74, 6) is -1.50. The predicted octanol–water partition coefficient (Wildman–Crippen LogP) is 2.28. The number of rotatable bonds is 3. The highest BCUT2D eigenvalue weighted by atomic mass is 16.6. The maximum atomic E-state index is 12.4. The van der Waals surface area contributed by atoms with Crippen molar-refractivity contribution in [3.63, 3.8) is 0 Å². The molecular weight excluding hydrogens is 336 g/mol. The van der Waals surface area contributed by atoms with E-state index >= 15 is 0 Å². The number of ether oxygens (including phenoxy) is 3. The molecule has 1 saturated carbocycles. The Morgan fingerprint density at radius 2 is 2.08 bits per heavy atom. The van der Waals surface area contributed by atoms with Crippen molar-refractivity contribution in [2.75, 3.05) is 6.61 Å². The van der Waals surface area contributed by atoms with Crippen molar-refractivity contribution < 1.29 is 28.9 Å². The average Bonchev–Trinajstić information content (AvgIpc) is 3.07. The minimum Gasteiger partial charge on any atom is -0.458 e. The van der Waals surface area contributed by atoms with E-state index in [0.29, 0.717) is 30.6 Å². The van der Waals surface area contributed by atoms with E-state index in [4.69, 9.17) is 14.2 Å². The average molecular weight is 362 g/mol. The summed E-state index contributed by atoms with van der Waals surface area (Å²) >= 11 is 0. The largest absolute Gasteiger partial charge is 0.458 e. The zero-order valence-electron chi connectivity index (χ0n) is 15.5. The molecule has 3 rings (SSSR count). The van der Waals surface area contributed by atoms with E-state index in [1.807, 2.05) is 6.92 Å². The SMILES string of the molecule is C=C1C(=O)OC2C1C(OC(=O)/C(C)=C/C)CC1(COC(O)C1)C2C(=C)C. The first-order chi connectivity index (χ1) is 12.2. The van der Waals surface area contributed by atoms with Gasteiger partial charge in [-0.25, -0.2) is 9.59 Å². The monoisotopic (exact) mass is 362 g/mol. The first-order valence-electron chi connectivity index (χ1n) is 8.89. The molecule has 0 radical (unpaired) electrons. The van der Waals surface area contributed by atoms with E-state index in [-0.39, 0.29) is 5.92 Å². The van der Waals surface area contributed by atoms with Gasteiger partial charge in [0.1, 0.15) is 12.2 Å². The lowest BCUT2D eigenvalue weighted by Crippen LogP contribution is -2.53. The Balaban J connectivity index is 2.00. The van der Waals surface area contributed by atoms with Crippen LogP contribution in [0.5, 0.6) is 0 Å². The quantitative estimate of drug-likeness (QED) is 0.471. The number of hydrogen-bond acceptors (Lipinski definition) is 6. The Hall–Kier alpha value is -1.92. The second kappa shape index (κ2) is 6.67. The van der Waals surface area contributed by atoms with Gasteiger partial charge in [-0.05, 0) is 27.2 Å². The lowest BCUT2D eigenvalue weighted by Gasteiger charge is -2.48. The smallest absolute Gasteiger partial charge is 0.334 e. The molecular formula is C20H26O6. The molecule has 6 heteroatoms. The zero-order chi connectivity index (χ0) is 19.2. The van der Waals surface area contributed by atoms with E-state index < -0.39 is 41.8 Å². The van der Waals surface area contributed by atoms with Crippen molar-refractivity contribution in [3.05, 3.63) is 36.0 Å². The van der Waals surface area contributed by atoms with Crippen LogP contribution in [-0.2, 0) is 23.8 Å². The van der Waals surface area contributed by atoms with Gasteiger partial charge in [0.25, 0.3) is 0 Å². The Kier molecular flexibility index (Phi) is 4.84. The summed E-state index contributed by atoms with van der Waals surface area (Å²) in [6, 6.07) is 0. The van der Waals surface area contributed by atoms with E-state index in [1.165, 1.54) is 0 Å². The molecule has 1 spiro atoms. The van der Waals surface area contributed by atoms with Gasteiger partial charge in [0, 0.05) is 28.9 Å². The molecule has 2 heterocycles. The molecule has 0 amide bonds. The van der Waals surface area contributed by atoms with E-state index in [9.17, 15) is 14.7 Å². The maximum absolute atomic E-state index is 12.4. The third kappa shape index (κ3) is 2.91. The van der Waals surface area contributed by atoms with Crippen LogP contribution in [0.1, 0.15) is 33.6 Å². The Morgan fingerprint density at radius 1 is 1.38 bits per heavy atom. The summed E-state index contributed by atoms with van der Waals surface area (Å²) < 4.78 is 16.8. The van der Waals surface area contributed by atoms with Crippen LogP contribution in [0.25, 0.3) is 0 Å². The van der Waals surface area contributed by atoms with Crippen LogP contribution in [0.3, 0.4) is 0 Å². The van der Waals surface area contributed by atoms with Gasteiger partial charge in [-0.1, -0.05) is 24.8 Å². The van der Waals surface area contributed by atoms with Crippen LogP contribution < -0.4 is 0 Å². The van der Waals surface area contributed by atoms with Crippen molar-refractivity contribution >= 4 is 11.9 Å². The van der Waals surface area contributed by atoms with Gasteiger partial charge in [-0.3, -0.25) is 0 Å². The molecule has 2 saturated heterocycles. The van der Waals surface area contributed by atoms with Crippen LogP contribution in [0, 0.1) is 17.3 Å². The second-order valence-corrected chi connectivity index (χ2v) is 7.70. The molecule has 1 N–H and O–H groups in total. The summed E-state index contributed by atoms with van der Waals surface area (Å²) in [4.78, 5) is 24.6. The third-order valence-corrected chi connectivity index (χ3v) is 5.95. The molecule has 0 aromatic carbocycles. The summed E-state index contributed by atoms with van der Waals surface area (Å²) in [5, 5.41) is 9.99. The summed E-state index contributed by atoms with van der Waals surface area (Å²) in [5.41, 5.74) is 1.18. The Bertz CT molecular complexity index is 692. The first-order valence-corrected chi connectivity index (χ1v) is 8.89. The summed E-state index contributed by atoms with van der Waals surface area (Å²) in [7, 11) is 0. The van der Waals surface area contributed by atoms with Gasteiger partial charge in [0.15, 0.2) is 6.29 Å². The van der Waals surface area contributed by atoms with Crippen molar-refractivity contribution in [3.8, 4) is 0 Å². The van der Waals surface area contributed by atoms with E-state index in [0.717, 1.165) is 5.57 Å². The predicted molar refractivity (Wildman–Crippen MR) is 93.8 cm³/mol. The van der Waals surface area contributed by atoms with Crippen molar-refractivity contribution in [1.29, 1.82) is 0 Å². The number of carbonyl (C=O) groups is 2. The van der Waals surface area contributed by atoms with E-state index in [1.54, 1.807) is 19.9 Å². The minimum atomic E-state index is -0.887. The van der Waals surface area contributed by atoms with E-state index in [2.05, 4.69) is 13.2 Å². The number of hydrogen-bond donors (Lipinski definition) is 1. The molecule has 3 aliphatic rings. The van der Waals surface area contributed by atoms with Gasteiger partial charge in [0.2, 0.25) is 0 Å². The van der Waals surface area contributed by atoms with Gasteiger partial charge >= 0.3 is 11.9 Å². The normalized spacial score (nSPS) is 39.7. The van der Waals surface area contributed by atoms with Crippen LogP contribution in [0.4, 0.5) is 0 Å². The number of esters is 2. The summed E-state index contributed by atoms with van der Waals surface area (Å²) in [6.07, 6.45) is 0.560. The highest BCUT2D eigenvalue weighted by Gasteiger charge is 2.62. The summed E-state index contributed by atoms with van der Waals surface area (Å²) in [6.45, 7) is 13.6. The number of aliphatic hydroxyl groups is 1. The molecule has 26 heavy (non-hydrogen) atoms. The zero-order valence-corrected chi connectivity index (χ0v) is 15.5. The fourth-order valence-corrected chi connectivity index (χ4v) is 4.67. The fourth-order valence-electron chi connectivity index (χ4n) is 4.67. The van der Waals surface area contributed by atoms with Crippen molar-refractivity contribution in [2.24, 2.45) is 17.3 Å². The van der Waals surface area contributed by atoms with Crippen LogP contribution in [-0.4, -0.2) is 42.1 Å². The topological polar surface area (TPSA) is 82.1 Å². The van der Waals surface area contributed by atoms with Crippen LogP contribution in [0.2, 0.25) is 0 Å². The molecule has 0 bridgehead atoms. The second-order valence-electron chi connectivity index (χ2n) is 7.70. The molecule has 6 unspecified atom stereocenters. The van der Waals surface area contributed by atoms with Crippen LogP contribution >= 0.6 is 0 Å². The lowest BCUT2D eigenvalue weighted by molar-refractivity contribution is -0.163. The maximum Gasteiger partial charge on any atom is 0.334 e. The number of carbonyl (C=O) groups excluding carboxylic acids is 2. The molecule has 6 nitrogen and oxygen atoms in total. The minimum absolute atomic E-state index is 0.189. The van der Waals surface area contributed by atoms with Crippen molar-refractivity contribution in [2.45, 2.75) is 52.1 Å². The van der Waals surface area contributed by atoms with Gasteiger partial charge < -0.3 is 19.3 Å².